The molecule has 3 fully saturated rings. The first kappa shape index (κ1) is 17.4. The van der Waals surface area contributed by atoms with E-state index >= 15 is 0 Å². The molecule has 0 saturated carbocycles. The number of rotatable bonds is 4. The van der Waals surface area contributed by atoms with E-state index < -0.39 is 11.4 Å². The van der Waals surface area contributed by atoms with Crippen molar-refractivity contribution < 1.29 is 14.6 Å². The SMILES string of the molecule is Cc1nc(CN2C[C@H]3CN(C4CCOCC4)C[C@@]3(C(=O)O)C2)c(C)s1. The molecule has 2 atom stereocenters. The molecule has 3 aliphatic rings. The van der Waals surface area contributed by atoms with Crippen LogP contribution in [0.2, 0.25) is 0 Å². The van der Waals surface area contributed by atoms with Gasteiger partial charge in [-0.15, -0.1) is 11.3 Å². The molecule has 4 heterocycles. The molecule has 6 nitrogen and oxygen atoms in total. The van der Waals surface area contributed by atoms with Gasteiger partial charge in [0, 0.05) is 62.8 Å². The number of likely N-dealkylation sites (tertiary alicyclic amines) is 2. The number of aliphatic carboxylic acids is 1. The fourth-order valence-electron chi connectivity index (χ4n) is 4.89. The number of fused-ring (bicyclic) bond motifs is 1. The Balaban J connectivity index is 1.47. The van der Waals surface area contributed by atoms with Crippen molar-refractivity contribution in [3.63, 3.8) is 0 Å². The predicted octanol–water partition coefficient (Wildman–Crippen LogP) is 1.76. The van der Waals surface area contributed by atoms with Crippen LogP contribution in [0.3, 0.4) is 0 Å². The molecule has 1 aromatic rings. The Hall–Kier alpha value is -1.02. The van der Waals surface area contributed by atoms with Gasteiger partial charge >= 0.3 is 5.97 Å². The summed E-state index contributed by atoms with van der Waals surface area (Å²) in [6.07, 6.45) is 2.06. The number of carboxylic acid groups (broad SMARTS) is 1. The smallest absolute Gasteiger partial charge is 0.312 e. The Kier molecular flexibility index (Phi) is 4.60. The third kappa shape index (κ3) is 3.12. The number of carbonyl (C=O) groups is 1. The van der Waals surface area contributed by atoms with Gasteiger partial charge < -0.3 is 9.84 Å². The Bertz CT molecular complexity index is 658. The van der Waals surface area contributed by atoms with Gasteiger partial charge in [0.05, 0.1) is 16.1 Å². The summed E-state index contributed by atoms with van der Waals surface area (Å²) in [4.78, 5) is 22.8. The highest BCUT2D eigenvalue weighted by Crippen LogP contribution is 2.44. The zero-order chi connectivity index (χ0) is 17.6. The van der Waals surface area contributed by atoms with Crippen molar-refractivity contribution in [3.05, 3.63) is 15.6 Å². The number of nitrogens with zero attached hydrogens (tertiary/aromatic N) is 3. The van der Waals surface area contributed by atoms with E-state index in [4.69, 9.17) is 4.74 Å². The largest absolute Gasteiger partial charge is 0.481 e. The highest BCUT2D eigenvalue weighted by atomic mass is 32.1. The van der Waals surface area contributed by atoms with Crippen molar-refractivity contribution >= 4 is 17.3 Å². The Labute approximate surface area is 152 Å². The van der Waals surface area contributed by atoms with Crippen molar-refractivity contribution in [1.29, 1.82) is 0 Å². The fourth-order valence-corrected chi connectivity index (χ4v) is 5.72. The van der Waals surface area contributed by atoms with Crippen LogP contribution in [0.4, 0.5) is 0 Å². The van der Waals surface area contributed by atoms with Crippen molar-refractivity contribution in [2.75, 3.05) is 39.4 Å². The first-order chi connectivity index (χ1) is 12.0. The first-order valence-corrected chi connectivity index (χ1v) is 10.00. The lowest BCUT2D eigenvalue weighted by Gasteiger charge is -2.33. The average molecular weight is 365 g/mol. The lowest BCUT2D eigenvalue weighted by atomic mass is 9.81. The molecule has 138 valence electrons. The van der Waals surface area contributed by atoms with E-state index in [1.54, 1.807) is 11.3 Å². The van der Waals surface area contributed by atoms with E-state index in [0.717, 1.165) is 56.4 Å². The minimum Gasteiger partial charge on any atom is -0.481 e. The monoisotopic (exact) mass is 365 g/mol. The number of hydrogen-bond donors (Lipinski definition) is 1. The molecule has 0 aromatic carbocycles. The Morgan fingerprint density at radius 1 is 1.32 bits per heavy atom. The van der Waals surface area contributed by atoms with Gasteiger partial charge in [0.1, 0.15) is 0 Å². The molecule has 0 amide bonds. The third-order valence-corrected chi connectivity index (χ3v) is 7.14. The van der Waals surface area contributed by atoms with E-state index in [-0.39, 0.29) is 5.92 Å². The summed E-state index contributed by atoms with van der Waals surface area (Å²) in [5, 5.41) is 11.1. The van der Waals surface area contributed by atoms with Crippen molar-refractivity contribution in [2.24, 2.45) is 11.3 Å². The van der Waals surface area contributed by atoms with E-state index in [1.165, 1.54) is 4.88 Å². The number of hydrogen-bond acceptors (Lipinski definition) is 6. The summed E-state index contributed by atoms with van der Waals surface area (Å²) in [6, 6.07) is 0.493. The van der Waals surface area contributed by atoms with Crippen LogP contribution in [-0.4, -0.2) is 71.3 Å². The third-order valence-electron chi connectivity index (χ3n) is 6.21. The highest BCUT2D eigenvalue weighted by Gasteiger charge is 2.58. The van der Waals surface area contributed by atoms with Crippen molar-refractivity contribution in [2.45, 2.75) is 39.3 Å². The molecule has 1 aromatic heterocycles. The van der Waals surface area contributed by atoms with E-state index in [0.29, 0.717) is 19.1 Å². The molecule has 0 aliphatic carbocycles. The van der Waals surface area contributed by atoms with Crippen LogP contribution in [0.25, 0.3) is 0 Å². The molecule has 0 spiro atoms. The standard InChI is InChI=1S/C18H27N3O3S/c1-12-16(19-13(2)25-12)9-20-7-14-8-21(15-3-5-24-6-4-15)11-18(14,10-20)17(22)23/h14-15H,3-11H2,1-2H3,(H,22,23)/t14-,18-/m0/s1. The predicted molar refractivity (Wildman–Crippen MR) is 95.8 cm³/mol. The lowest BCUT2D eigenvalue weighted by molar-refractivity contribution is -0.149. The molecule has 0 radical (unpaired) electrons. The van der Waals surface area contributed by atoms with Gasteiger partial charge in [-0.1, -0.05) is 0 Å². The summed E-state index contributed by atoms with van der Waals surface area (Å²) in [5.41, 5.74) is 0.501. The second-order valence-corrected chi connectivity index (χ2v) is 9.24. The maximum Gasteiger partial charge on any atom is 0.312 e. The van der Waals surface area contributed by atoms with Gasteiger partial charge in [0.2, 0.25) is 0 Å². The molecule has 25 heavy (non-hydrogen) atoms. The number of ether oxygens (including phenoxy) is 1. The maximum absolute atomic E-state index is 12.2. The van der Waals surface area contributed by atoms with Crippen LogP contribution in [0.1, 0.15) is 28.4 Å². The van der Waals surface area contributed by atoms with Crippen LogP contribution in [0.15, 0.2) is 0 Å². The van der Waals surface area contributed by atoms with Crippen LogP contribution in [-0.2, 0) is 16.1 Å². The van der Waals surface area contributed by atoms with Crippen LogP contribution < -0.4 is 0 Å². The molecule has 1 N–H and O–H groups in total. The summed E-state index contributed by atoms with van der Waals surface area (Å²) in [7, 11) is 0. The lowest BCUT2D eigenvalue weighted by Crippen LogP contribution is -2.44. The summed E-state index contributed by atoms with van der Waals surface area (Å²) in [6.45, 7) is 9.62. The zero-order valence-corrected chi connectivity index (χ0v) is 15.8. The van der Waals surface area contributed by atoms with Gasteiger partial charge in [-0.25, -0.2) is 4.98 Å². The van der Waals surface area contributed by atoms with Crippen molar-refractivity contribution in [1.82, 2.24) is 14.8 Å². The minimum atomic E-state index is -0.624. The average Bonchev–Trinajstić information content (AvgIpc) is 3.19. The van der Waals surface area contributed by atoms with Gasteiger partial charge in [-0.2, -0.15) is 0 Å². The molecular formula is C18H27N3O3S. The summed E-state index contributed by atoms with van der Waals surface area (Å²) in [5.74, 6) is -0.409. The van der Waals surface area contributed by atoms with E-state index in [9.17, 15) is 9.90 Å². The van der Waals surface area contributed by atoms with E-state index in [2.05, 4.69) is 21.7 Å². The second-order valence-electron chi connectivity index (χ2n) is 7.84. The molecule has 3 aliphatic heterocycles. The molecular weight excluding hydrogens is 338 g/mol. The summed E-state index contributed by atoms with van der Waals surface area (Å²) >= 11 is 1.72. The number of carboxylic acids is 1. The molecule has 4 rings (SSSR count). The second kappa shape index (κ2) is 6.61. The molecule has 0 bridgehead atoms. The van der Waals surface area contributed by atoms with Crippen LogP contribution in [0.5, 0.6) is 0 Å². The van der Waals surface area contributed by atoms with E-state index in [1.807, 2.05) is 6.92 Å². The summed E-state index contributed by atoms with van der Waals surface area (Å²) < 4.78 is 5.47. The number of thiazole rings is 1. The van der Waals surface area contributed by atoms with Crippen LogP contribution in [0, 0.1) is 25.2 Å². The van der Waals surface area contributed by atoms with Gasteiger partial charge in [0.15, 0.2) is 0 Å². The minimum absolute atomic E-state index is 0.216. The molecule has 0 unspecified atom stereocenters. The fraction of sp³-hybridized carbons (Fsp3) is 0.778. The topological polar surface area (TPSA) is 65.9 Å². The van der Waals surface area contributed by atoms with Gasteiger partial charge in [-0.3, -0.25) is 14.6 Å². The normalized spacial score (nSPS) is 31.5. The Morgan fingerprint density at radius 2 is 2.08 bits per heavy atom. The maximum atomic E-state index is 12.2. The quantitative estimate of drug-likeness (QED) is 0.877. The number of aromatic nitrogens is 1. The van der Waals surface area contributed by atoms with Crippen LogP contribution >= 0.6 is 11.3 Å². The Morgan fingerprint density at radius 3 is 2.68 bits per heavy atom. The number of aryl methyl sites for hydroxylation is 2. The van der Waals surface area contributed by atoms with Crippen molar-refractivity contribution in [3.8, 4) is 0 Å². The molecule has 7 heteroatoms. The molecule has 3 saturated heterocycles. The van der Waals surface area contributed by atoms with Gasteiger partial charge in [-0.05, 0) is 26.7 Å². The zero-order valence-electron chi connectivity index (χ0n) is 15.0. The highest BCUT2D eigenvalue weighted by molar-refractivity contribution is 7.11. The van der Waals surface area contributed by atoms with Gasteiger partial charge in [0.25, 0.3) is 0 Å². The first-order valence-electron chi connectivity index (χ1n) is 9.18.